The van der Waals surface area contributed by atoms with Crippen molar-refractivity contribution in [2.45, 2.75) is 45.6 Å². The SMILES string of the molecule is Cc1nn(CC(C)C)c(C)c1S(=O)(=O)N(CCN)CCc1ccccc1. The zero-order chi connectivity index (χ0) is 19.3. The molecule has 2 N–H and O–H groups in total. The fourth-order valence-corrected chi connectivity index (χ4v) is 4.93. The second-order valence-corrected chi connectivity index (χ2v) is 8.88. The summed E-state index contributed by atoms with van der Waals surface area (Å²) in [6, 6.07) is 9.88. The lowest BCUT2D eigenvalue weighted by molar-refractivity contribution is 0.420. The lowest BCUT2D eigenvalue weighted by Gasteiger charge is -2.22. The van der Waals surface area contributed by atoms with Crippen LogP contribution in [0.2, 0.25) is 0 Å². The van der Waals surface area contributed by atoms with Crippen molar-refractivity contribution in [2.24, 2.45) is 11.7 Å². The van der Waals surface area contributed by atoms with Gasteiger partial charge in [-0.05, 0) is 31.7 Å². The van der Waals surface area contributed by atoms with Crippen LogP contribution in [0.4, 0.5) is 0 Å². The van der Waals surface area contributed by atoms with Crippen LogP contribution >= 0.6 is 0 Å². The van der Waals surface area contributed by atoms with Gasteiger partial charge >= 0.3 is 0 Å². The number of aromatic nitrogens is 2. The minimum atomic E-state index is -3.64. The number of aryl methyl sites for hydroxylation is 1. The second-order valence-electron chi connectivity index (χ2n) is 7.00. The van der Waals surface area contributed by atoms with E-state index in [1.54, 1.807) is 11.6 Å². The largest absolute Gasteiger partial charge is 0.329 e. The molecular formula is C19H30N4O2S. The molecule has 1 aromatic heterocycles. The Bertz CT molecular complexity index is 814. The average molecular weight is 379 g/mol. The van der Waals surface area contributed by atoms with Crippen LogP contribution in [-0.4, -0.2) is 42.1 Å². The van der Waals surface area contributed by atoms with Gasteiger partial charge < -0.3 is 5.73 Å². The van der Waals surface area contributed by atoms with Gasteiger partial charge in [0.2, 0.25) is 10.0 Å². The molecule has 2 aromatic rings. The van der Waals surface area contributed by atoms with Crippen molar-refractivity contribution in [1.29, 1.82) is 0 Å². The molecule has 0 aliphatic carbocycles. The van der Waals surface area contributed by atoms with Crippen molar-refractivity contribution in [2.75, 3.05) is 19.6 Å². The van der Waals surface area contributed by atoms with E-state index in [2.05, 4.69) is 18.9 Å². The van der Waals surface area contributed by atoms with Gasteiger partial charge in [0.25, 0.3) is 0 Å². The van der Waals surface area contributed by atoms with E-state index in [1.807, 2.05) is 37.3 Å². The number of benzene rings is 1. The third-order valence-electron chi connectivity index (χ3n) is 4.32. The fourth-order valence-electron chi connectivity index (χ4n) is 3.10. The lowest BCUT2D eigenvalue weighted by atomic mass is 10.1. The van der Waals surface area contributed by atoms with Gasteiger partial charge in [-0.2, -0.15) is 9.40 Å². The monoisotopic (exact) mass is 378 g/mol. The molecule has 0 amide bonds. The zero-order valence-electron chi connectivity index (χ0n) is 16.1. The maximum atomic E-state index is 13.3. The van der Waals surface area contributed by atoms with Gasteiger partial charge in [0.05, 0.1) is 11.4 Å². The zero-order valence-corrected chi connectivity index (χ0v) is 17.0. The normalized spacial score (nSPS) is 12.3. The van der Waals surface area contributed by atoms with Crippen molar-refractivity contribution in [3.05, 3.63) is 47.3 Å². The number of rotatable bonds is 9. The summed E-state index contributed by atoms with van der Waals surface area (Å²) in [7, 11) is -3.64. The van der Waals surface area contributed by atoms with E-state index in [1.165, 1.54) is 4.31 Å². The van der Waals surface area contributed by atoms with Crippen molar-refractivity contribution in [3.8, 4) is 0 Å². The van der Waals surface area contributed by atoms with Crippen LogP contribution in [-0.2, 0) is 23.0 Å². The maximum Gasteiger partial charge on any atom is 0.246 e. The summed E-state index contributed by atoms with van der Waals surface area (Å²) in [6.45, 7) is 9.44. The fraction of sp³-hybridized carbons (Fsp3) is 0.526. The van der Waals surface area contributed by atoms with Gasteiger partial charge in [0.1, 0.15) is 4.90 Å². The molecule has 0 saturated carbocycles. The molecule has 7 heteroatoms. The molecule has 0 aliphatic rings. The van der Waals surface area contributed by atoms with Gasteiger partial charge in [0.15, 0.2) is 0 Å². The van der Waals surface area contributed by atoms with Crippen LogP contribution in [0.25, 0.3) is 0 Å². The quantitative estimate of drug-likeness (QED) is 0.726. The summed E-state index contributed by atoms with van der Waals surface area (Å²) >= 11 is 0. The summed E-state index contributed by atoms with van der Waals surface area (Å²) in [5.41, 5.74) is 8.04. The molecule has 0 spiro atoms. The highest BCUT2D eigenvalue weighted by Gasteiger charge is 2.30. The number of sulfonamides is 1. The minimum Gasteiger partial charge on any atom is -0.329 e. The van der Waals surface area contributed by atoms with Gasteiger partial charge in [-0.3, -0.25) is 4.68 Å². The van der Waals surface area contributed by atoms with Crippen molar-refractivity contribution < 1.29 is 8.42 Å². The standard InChI is InChI=1S/C19H30N4O2S/c1-15(2)14-23-17(4)19(16(3)21-23)26(24,25)22(13-11-20)12-10-18-8-6-5-7-9-18/h5-9,15H,10-14,20H2,1-4H3. The first-order chi connectivity index (χ1) is 12.3. The molecule has 0 radical (unpaired) electrons. The van der Waals surface area contributed by atoms with Crippen molar-refractivity contribution >= 4 is 10.0 Å². The molecule has 0 bridgehead atoms. The van der Waals surface area contributed by atoms with Gasteiger partial charge in [-0.25, -0.2) is 8.42 Å². The van der Waals surface area contributed by atoms with Crippen LogP contribution < -0.4 is 5.73 Å². The third-order valence-corrected chi connectivity index (χ3v) is 6.47. The van der Waals surface area contributed by atoms with Crippen LogP contribution in [0.15, 0.2) is 35.2 Å². The number of nitrogens with two attached hydrogens (primary N) is 1. The highest BCUT2D eigenvalue weighted by atomic mass is 32.2. The van der Waals surface area contributed by atoms with E-state index in [9.17, 15) is 8.42 Å². The minimum absolute atomic E-state index is 0.284. The maximum absolute atomic E-state index is 13.3. The van der Waals surface area contributed by atoms with Crippen molar-refractivity contribution in [3.63, 3.8) is 0 Å². The van der Waals surface area contributed by atoms with Crippen LogP contribution in [0.5, 0.6) is 0 Å². The molecule has 2 rings (SSSR count). The molecule has 0 atom stereocenters. The molecule has 1 aromatic carbocycles. The topological polar surface area (TPSA) is 81.2 Å². The molecule has 6 nitrogen and oxygen atoms in total. The Morgan fingerprint density at radius 2 is 1.81 bits per heavy atom. The molecule has 0 unspecified atom stereocenters. The first-order valence-corrected chi connectivity index (χ1v) is 10.5. The van der Waals surface area contributed by atoms with E-state index in [-0.39, 0.29) is 6.54 Å². The highest BCUT2D eigenvalue weighted by Crippen LogP contribution is 2.24. The molecule has 1 heterocycles. The molecule has 0 fully saturated rings. The molecule has 26 heavy (non-hydrogen) atoms. The number of hydrogen-bond donors (Lipinski definition) is 1. The third kappa shape index (κ3) is 4.72. The Morgan fingerprint density at radius 3 is 2.38 bits per heavy atom. The summed E-state index contributed by atoms with van der Waals surface area (Å²) in [5, 5.41) is 4.46. The Balaban J connectivity index is 2.30. The van der Waals surface area contributed by atoms with E-state index in [0.29, 0.717) is 48.3 Å². The van der Waals surface area contributed by atoms with Crippen LogP contribution in [0.1, 0.15) is 30.8 Å². The Hall–Kier alpha value is -1.70. The van der Waals surface area contributed by atoms with E-state index in [4.69, 9.17) is 5.73 Å². The Kier molecular flexibility index (Phi) is 6.97. The predicted molar refractivity (Wildman–Crippen MR) is 104 cm³/mol. The average Bonchev–Trinajstić information content (AvgIpc) is 2.85. The van der Waals surface area contributed by atoms with Crippen LogP contribution in [0, 0.1) is 19.8 Å². The summed E-state index contributed by atoms with van der Waals surface area (Å²) < 4.78 is 29.9. The molecular weight excluding hydrogens is 348 g/mol. The second kappa shape index (κ2) is 8.79. The summed E-state index contributed by atoms with van der Waals surface area (Å²) in [4.78, 5) is 0.319. The first-order valence-electron chi connectivity index (χ1n) is 9.05. The van der Waals surface area contributed by atoms with Gasteiger partial charge in [0, 0.05) is 26.2 Å². The van der Waals surface area contributed by atoms with Gasteiger partial charge in [-0.1, -0.05) is 44.2 Å². The molecule has 0 aliphatic heterocycles. The van der Waals surface area contributed by atoms with Gasteiger partial charge in [-0.15, -0.1) is 0 Å². The molecule has 0 saturated heterocycles. The highest BCUT2D eigenvalue weighted by molar-refractivity contribution is 7.89. The summed E-state index contributed by atoms with van der Waals surface area (Å²) in [6.07, 6.45) is 0.651. The van der Waals surface area contributed by atoms with Crippen LogP contribution in [0.3, 0.4) is 0 Å². The number of hydrogen-bond acceptors (Lipinski definition) is 4. The van der Waals surface area contributed by atoms with E-state index < -0.39 is 10.0 Å². The smallest absolute Gasteiger partial charge is 0.246 e. The van der Waals surface area contributed by atoms with E-state index >= 15 is 0 Å². The van der Waals surface area contributed by atoms with Crippen molar-refractivity contribution in [1.82, 2.24) is 14.1 Å². The number of nitrogens with zero attached hydrogens (tertiary/aromatic N) is 3. The Morgan fingerprint density at radius 1 is 1.15 bits per heavy atom. The van der Waals surface area contributed by atoms with E-state index in [0.717, 1.165) is 5.56 Å². The first kappa shape index (κ1) is 20.6. The predicted octanol–water partition coefficient (Wildman–Crippen LogP) is 2.35. The lowest BCUT2D eigenvalue weighted by Crippen LogP contribution is -2.37. The summed E-state index contributed by atoms with van der Waals surface area (Å²) in [5.74, 6) is 0.391. The Labute approximate surface area is 157 Å². The molecule has 144 valence electrons.